The third-order valence-corrected chi connectivity index (χ3v) is 3.39. The quantitative estimate of drug-likeness (QED) is 0.789. The number of carbonyl (C=O) groups excluding carboxylic acids is 2. The average molecular weight is 289 g/mol. The van der Waals surface area contributed by atoms with Crippen molar-refractivity contribution in [1.29, 1.82) is 5.26 Å². The number of amides is 1. The van der Waals surface area contributed by atoms with Crippen molar-refractivity contribution in [3.8, 4) is 6.07 Å². The molecule has 2 N–H and O–H groups in total. The monoisotopic (exact) mass is 289 g/mol. The van der Waals surface area contributed by atoms with E-state index in [-0.39, 0.29) is 11.7 Å². The maximum atomic E-state index is 12.4. The Kier molecular flexibility index (Phi) is 5.71. The molecule has 1 heterocycles. The van der Waals surface area contributed by atoms with Crippen LogP contribution in [0.2, 0.25) is 0 Å². The van der Waals surface area contributed by atoms with Crippen molar-refractivity contribution < 1.29 is 9.59 Å². The van der Waals surface area contributed by atoms with Crippen LogP contribution in [0.1, 0.15) is 66.2 Å². The Morgan fingerprint density at radius 3 is 2.43 bits per heavy atom. The summed E-state index contributed by atoms with van der Waals surface area (Å²) in [5.74, 6) is -0.0629. The topological polar surface area (TPSA) is 85.8 Å². The molecule has 1 aromatic rings. The van der Waals surface area contributed by atoms with Gasteiger partial charge in [0.1, 0.15) is 11.7 Å². The standard InChI is InChI=1S/C16H23N3O2/c1-6-13-14(11(5)20)10(4)18-15(13)16(21)19-12(8-17)7-9(2)3/h9,12,18H,6-7H2,1-5H3,(H,19,21)/t12-/m1/s1. The zero-order valence-corrected chi connectivity index (χ0v) is 13.3. The third-order valence-electron chi connectivity index (χ3n) is 3.39. The van der Waals surface area contributed by atoms with E-state index in [0.717, 1.165) is 5.56 Å². The van der Waals surface area contributed by atoms with Crippen LogP contribution in [0.4, 0.5) is 0 Å². The van der Waals surface area contributed by atoms with Crippen molar-refractivity contribution in [3.05, 3.63) is 22.5 Å². The molecule has 0 aliphatic heterocycles. The largest absolute Gasteiger partial charge is 0.354 e. The fourth-order valence-corrected chi connectivity index (χ4v) is 2.55. The van der Waals surface area contributed by atoms with Crippen molar-refractivity contribution in [2.24, 2.45) is 5.92 Å². The van der Waals surface area contributed by atoms with Gasteiger partial charge in [-0.2, -0.15) is 5.26 Å². The minimum Gasteiger partial charge on any atom is -0.354 e. The van der Waals surface area contributed by atoms with Crippen molar-refractivity contribution in [2.75, 3.05) is 0 Å². The van der Waals surface area contributed by atoms with Crippen molar-refractivity contribution in [3.63, 3.8) is 0 Å². The zero-order valence-electron chi connectivity index (χ0n) is 13.3. The lowest BCUT2D eigenvalue weighted by Crippen LogP contribution is -2.35. The molecule has 0 fully saturated rings. The smallest absolute Gasteiger partial charge is 0.269 e. The molecule has 0 aliphatic carbocycles. The minimum absolute atomic E-state index is 0.0568. The molecular weight excluding hydrogens is 266 g/mol. The SMILES string of the molecule is CCc1c(C(=O)N[C@@H](C#N)CC(C)C)[nH]c(C)c1C(C)=O. The van der Waals surface area contributed by atoms with Crippen LogP contribution < -0.4 is 5.32 Å². The van der Waals surface area contributed by atoms with Crippen LogP contribution in [0.5, 0.6) is 0 Å². The van der Waals surface area contributed by atoms with Crippen molar-refractivity contribution >= 4 is 11.7 Å². The van der Waals surface area contributed by atoms with Gasteiger partial charge in [-0.05, 0) is 38.2 Å². The lowest BCUT2D eigenvalue weighted by atomic mass is 10.0. The molecule has 114 valence electrons. The highest BCUT2D eigenvalue weighted by atomic mass is 16.2. The fourth-order valence-electron chi connectivity index (χ4n) is 2.55. The van der Waals surface area contributed by atoms with Crippen molar-refractivity contribution in [1.82, 2.24) is 10.3 Å². The summed E-state index contributed by atoms with van der Waals surface area (Å²) in [6.45, 7) is 9.18. The van der Waals surface area contributed by atoms with Gasteiger partial charge in [0.25, 0.3) is 5.91 Å². The molecule has 1 rings (SSSR count). The van der Waals surface area contributed by atoms with Gasteiger partial charge in [-0.1, -0.05) is 20.8 Å². The van der Waals surface area contributed by atoms with Crippen LogP contribution in [0.15, 0.2) is 0 Å². The summed E-state index contributed by atoms with van der Waals surface area (Å²) in [5, 5.41) is 11.8. The highest BCUT2D eigenvalue weighted by Crippen LogP contribution is 2.20. The third kappa shape index (κ3) is 3.94. The molecule has 0 bridgehead atoms. The number of aromatic nitrogens is 1. The van der Waals surface area contributed by atoms with E-state index in [1.54, 1.807) is 6.92 Å². The van der Waals surface area contributed by atoms with Crippen LogP contribution in [0, 0.1) is 24.2 Å². The first-order valence-electron chi connectivity index (χ1n) is 7.24. The molecule has 0 saturated carbocycles. The van der Waals surface area contributed by atoms with Gasteiger partial charge in [0.05, 0.1) is 6.07 Å². The molecule has 1 aromatic heterocycles. The van der Waals surface area contributed by atoms with E-state index in [0.29, 0.717) is 35.7 Å². The maximum Gasteiger partial charge on any atom is 0.269 e. The molecule has 0 saturated heterocycles. The number of ketones is 1. The first-order valence-corrected chi connectivity index (χ1v) is 7.24. The Labute approximate surface area is 125 Å². The van der Waals surface area contributed by atoms with Crippen LogP contribution in [-0.4, -0.2) is 22.7 Å². The van der Waals surface area contributed by atoms with Gasteiger partial charge >= 0.3 is 0 Å². The number of hydrogen-bond acceptors (Lipinski definition) is 3. The Bertz CT molecular complexity index is 579. The van der Waals surface area contributed by atoms with Gasteiger partial charge in [-0.15, -0.1) is 0 Å². The normalized spacial score (nSPS) is 12.0. The van der Waals surface area contributed by atoms with Gasteiger partial charge < -0.3 is 10.3 Å². The Hall–Kier alpha value is -2.09. The number of Topliss-reactive ketones (excluding diaryl/α,β-unsaturated/α-hetero) is 1. The molecule has 0 radical (unpaired) electrons. The lowest BCUT2D eigenvalue weighted by Gasteiger charge is -2.13. The fraction of sp³-hybridized carbons (Fsp3) is 0.562. The summed E-state index contributed by atoms with van der Waals surface area (Å²) in [6, 6.07) is 1.58. The summed E-state index contributed by atoms with van der Waals surface area (Å²) in [5.41, 5.74) is 2.39. The van der Waals surface area contributed by atoms with E-state index in [1.807, 2.05) is 20.8 Å². The van der Waals surface area contributed by atoms with Crippen LogP contribution in [-0.2, 0) is 6.42 Å². The number of rotatable bonds is 6. The molecule has 0 unspecified atom stereocenters. The highest BCUT2D eigenvalue weighted by molar-refractivity contribution is 6.02. The van der Waals surface area contributed by atoms with E-state index in [9.17, 15) is 9.59 Å². The number of H-pyrrole nitrogens is 1. The Morgan fingerprint density at radius 2 is 2.00 bits per heavy atom. The minimum atomic E-state index is -0.522. The highest BCUT2D eigenvalue weighted by Gasteiger charge is 2.23. The summed E-state index contributed by atoms with van der Waals surface area (Å²) >= 11 is 0. The second-order valence-electron chi connectivity index (χ2n) is 5.67. The number of hydrogen-bond donors (Lipinski definition) is 2. The lowest BCUT2D eigenvalue weighted by molar-refractivity contribution is 0.0936. The molecule has 1 amide bonds. The number of nitrogens with zero attached hydrogens (tertiary/aromatic N) is 1. The number of carbonyl (C=O) groups is 2. The first-order chi connectivity index (χ1) is 9.81. The predicted octanol–water partition coefficient (Wildman–Crippen LogP) is 2.76. The second-order valence-corrected chi connectivity index (χ2v) is 5.67. The van der Waals surface area contributed by atoms with Gasteiger partial charge in [-0.25, -0.2) is 0 Å². The zero-order chi connectivity index (χ0) is 16.2. The summed E-state index contributed by atoms with van der Waals surface area (Å²) in [6.07, 6.45) is 1.19. The van der Waals surface area contributed by atoms with Crippen molar-refractivity contribution in [2.45, 2.75) is 53.5 Å². The second kappa shape index (κ2) is 7.07. The number of nitrogens with one attached hydrogen (secondary N) is 2. The first kappa shape index (κ1) is 17.0. The van der Waals surface area contributed by atoms with Gasteiger partial charge in [0.15, 0.2) is 5.78 Å². The molecule has 21 heavy (non-hydrogen) atoms. The summed E-state index contributed by atoms with van der Waals surface area (Å²) in [4.78, 5) is 27.0. The predicted molar refractivity (Wildman–Crippen MR) is 81.2 cm³/mol. The number of aromatic amines is 1. The summed E-state index contributed by atoms with van der Waals surface area (Å²) < 4.78 is 0. The maximum absolute atomic E-state index is 12.4. The molecule has 1 atom stereocenters. The van der Waals surface area contributed by atoms with E-state index < -0.39 is 6.04 Å². The number of aryl methyl sites for hydroxylation is 1. The average Bonchev–Trinajstić information content (AvgIpc) is 2.74. The molecule has 0 aromatic carbocycles. The van der Waals surface area contributed by atoms with Crippen LogP contribution in [0.25, 0.3) is 0 Å². The van der Waals surface area contributed by atoms with E-state index in [2.05, 4.69) is 16.4 Å². The van der Waals surface area contributed by atoms with Gasteiger partial charge in [0, 0.05) is 11.3 Å². The molecular formula is C16H23N3O2. The van der Waals surface area contributed by atoms with E-state index in [1.165, 1.54) is 6.92 Å². The summed E-state index contributed by atoms with van der Waals surface area (Å²) in [7, 11) is 0. The molecule has 0 aliphatic rings. The number of nitriles is 1. The van der Waals surface area contributed by atoms with Gasteiger partial charge in [0.2, 0.25) is 0 Å². The Balaban J connectivity index is 3.06. The molecule has 5 nitrogen and oxygen atoms in total. The Morgan fingerprint density at radius 1 is 1.38 bits per heavy atom. The van der Waals surface area contributed by atoms with E-state index in [4.69, 9.17) is 5.26 Å². The van der Waals surface area contributed by atoms with Gasteiger partial charge in [-0.3, -0.25) is 9.59 Å². The molecule has 5 heteroatoms. The van der Waals surface area contributed by atoms with Crippen LogP contribution >= 0.6 is 0 Å². The molecule has 0 spiro atoms. The van der Waals surface area contributed by atoms with E-state index >= 15 is 0 Å². The van der Waals surface area contributed by atoms with Crippen LogP contribution in [0.3, 0.4) is 0 Å².